The first kappa shape index (κ1) is 22.1. The lowest BCUT2D eigenvalue weighted by molar-refractivity contribution is -0.0190. The summed E-state index contributed by atoms with van der Waals surface area (Å²) >= 11 is 1.58. The fraction of sp³-hybridized carbons (Fsp3) is 0.545. The lowest BCUT2D eigenvalue weighted by Crippen LogP contribution is -2.46. The molecular weight excluding hydrogens is 419 g/mol. The quantitative estimate of drug-likeness (QED) is 0.708. The highest BCUT2D eigenvalue weighted by atomic mass is 32.1. The van der Waals surface area contributed by atoms with Crippen molar-refractivity contribution in [1.29, 1.82) is 0 Å². The first-order valence-corrected chi connectivity index (χ1v) is 11.6. The molecule has 7 nitrogen and oxygen atoms in total. The molecule has 2 saturated heterocycles. The van der Waals surface area contributed by atoms with Crippen LogP contribution in [0.15, 0.2) is 29.6 Å². The van der Waals surface area contributed by atoms with Gasteiger partial charge in [0.2, 0.25) is 0 Å². The second-order valence-electron chi connectivity index (χ2n) is 8.30. The van der Waals surface area contributed by atoms with Crippen molar-refractivity contribution in [2.75, 3.05) is 38.7 Å². The van der Waals surface area contributed by atoms with Crippen LogP contribution >= 0.6 is 11.3 Å². The van der Waals surface area contributed by atoms with Crippen LogP contribution in [-0.2, 0) is 16.9 Å². The van der Waals surface area contributed by atoms with E-state index in [4.69, 9.17) is 9.72 Å². The van der Waals surface area contributed by atoms with E-state index in [0.717, 1.165) is 31.1 Å². The molecule has 2 N–H and O–H groups in total. The molecule has 2 aliphatic rings. The Morgan fingerprint density at radius 2 is 2.06 bits per heavy atom. The average Bonchev–Trinajstić information content (AvgIpc) is 3.41. The summed E-state index contributed by atoms with van der Waals surface area (Å²) in [6.45, 7) is 3.42. The minimum absolute atomic E-state index is 0.245. The number of nitrogens with zero attached hydrogens (tertiary/aromatic N) is 3. The minimum Gasteiger partial charge on any atom is -0.383 e. The Morgan fingerprint density at radius 3 is 2.77 bits per heavy atom. The lowest BCUT2D eigenvalue weighted by Gasteiger charge is -2.37. The summed E-state index contributed by atoms with van der Waals surface area (Å²) < 4.78 is 18.4. The third-order valence-electron chi connectivity index (χ3n) is 6.20. The highest BCUT2D eigenvalue weighted by molar-refractivity contribution is 7.09. The Morgan fingerprint density at radius 1 is 1.32 bits per heavy atom. The molecule has 1 aromatic carbocycles. The number of amides is 2. The van der Waals surface area contributed by atoms with E-state index in [1.54, 1.807) is 23.3 Å². The number of aromatic nitrogens is 1. The molecule has 2 amide bonds. The molecule has 0 spiro atoms. The van der Waals surface area contributed by atoms with Crippen LogP contribution in [0.1, 0.15) is 36.4 Å². The minimum atomic E-state index is -1.02. The zero-order valence-electron chi connectivity index (χ0n) is 17.7. The third-order valence-corrected chi connectivity index (χ3v) is 7.03. The van der Waals surface area contributed by atoms with Gasteiger partial charge in [-0.05, 0) is 56.5 Å². The van der Waals surface area contributed by atoms with Gasteiger partial charge in [-0.1, -0.05) is 0 Å². The van der Waals surface area contributed by atoms with E-state index in [0.29, 0.717) is 43.4 Å². The molecule has 168 valence electrons. The van der Waals surface area contributed by atoms with E-state index in [2.05, 4.69) is 10.2 Å². The van der Waals surface area contributed by atoms with Crippen molar-refractivity contribution in [2.24, 2.45) is 0 Å². The van der Waals surface area contributed by atoms with Crippen molar-refractivity contribution in [3.05, 3.63) is 46.2 Å². The molecule has 9 heteroatoms. The molecule has 2 aromatic rings. The summed E-state index contributed by atoms with van der Waals surface area (Å²) in [6, 6.07) is 5.87. The van der Waals surface area contributed by atoms with Gasteiger partial charge in [0.25, 0.3) is 0 Å². The third kappa shape index (κ3) is 5.23. The van der Waals surface area contributed by atoms with Gasteiger partial charge >= 0.3 is 6.03 Å². The number of thiazole rings is 1. The van der Waals surface area contributed by atoms with E-state index >= 15 is 0 Å². The van der Waals surface area contributed by atoms with Crippen molar-refractivity contribution in [2.45, 2.75) is 43.9 Å². The zero-order valence-corrected chi connectivity index (χ0v) is 18.5. The largest absolute Gasteiger partial charge is 0.383 e. The van der Waals surface area contributed by atoms with Crippen LogP contribution in [0.2, 0.25) is 0 Å². The van der Waals surface area contributed by atoms with E-state index in [-0.39, 0.29) is 11.8 Å². The number of carbonyl (C=O) groups is 1. The van der Waals surface area contributed by atoms with E-state index in [1.807, 2.05) is 5.38 Å². The maximum Gasteiger partial charge on any atom is 0.321 e. The number of nitrogens with one attached hydrogen (secondary N) is 1. The van der Waals surface area contributed by atoms with E-state index in [9.17, 15) is 14.3 Å². The number of piperidine rings is 1. The molecule has 2 fully saturated rings. The molecule has 4 rings (SSSR count). The zero-order chi connectivity index (χ0) is 21.8. The van der Waals surface area contributed by atoms with Gasteiger partial charge in [0.05, 0.1) is 18.8 Å². The number of ether oxygens (including phenoxy) is 1. The Bertz CT molecular complexity index is 883. The summed E-state index contributed by atoms with van der Waals surface area (Å²) in [5.74, 6) is -0.345. The van der Waals surface area contributed by atoms with Crippen molar-refractivity contribution in [3.63, 3.8) is 0 Å². The molecule has 1 unspecified atom stereocenters. The number of hydrogen-bond donors (Lipinski definition) is 2. The predicted octanol–water partition coefficient (Wildman–Crippen LogP) is 3.41. The number of likely N-dealkylation sites (tertiary alicyclic amines) is 2. The van der Waals surface area contributed by atoms with Crippen molar-refractivity contribution < 1.29 is 19.0 Å². The SMILES string of the molecule is COCC1CCCN1Cc1nc(C2(O)CCN(C(=O)Nc3ccc(F)cc3)CC2)cs1. The van der Waals surface area contributed by atoms with Gasteiger partial charge in [-0.2, -0.15) is 0 Å². The fourth-order valence-electron chi connectivity index (χ4n) is 4.33. The number of anilines is 1. The summed E-state index contributed by atoms with van der Waals surface area (Å²) in [6.07, 6.45) is 3.18. The fourth-order valence-corrected chi connectivity index (χ4v) is 5.24. The van der Waals surface area contributed by atoms with Gasteiger partial charge in [0.1, 0.15) is 16.4 Å². The molecule has 0 saturated carbocycles. The van der Waals surface area contributed by atoms with Crippen LogP contribution in [0, 0.1) is 5.82 Å². The highest BCUT2D eigenvalue weighted by Gasteiger charge is 2.37. The summed E-state index contributed by atoms with van der Waals surface area (Å²) in [7, 11) is 1.74. The molecule has 1 aromatic heterocycles. The molecule has 2 aliphatic heterocycles. The number of hydrogen-bond acceptors (Lipinski definition) is 6. The molecule has 1 atom stereocenters. The van der Waals surface area contributed by atoms with Crippen molar-refractivity contribution in [3.8, 4) is 0 Å². The Labute approximate surface area is 185 Å². The van der Waals surface area contributed by atoms with Crippen LogP contribution in [0.5, 0.6) is 0 Å². The predicted molar refractivity (Wildman–Crippen MR) is 118 cm³/mol. The number of halogens is 1. The monoisotopic (exact) mass is 448 g/mol. The normalized spacial score (nSPS) is 21.4. The highest BCUT2D eigenvalue weighted by Crippen LogP contribution is 2.34. The van der Waals surface area contributed by atoms with Crippen LogP contribution in [-0.4, -0.2) is 65.3 Å². The van der Waals surface area contributed by atoms with Crippen LogP contribution in [0.4, 0.5) is 14.9 Å². The van der Waals surface area contributed by atoms with Gasteiger partial charge in [0.15, 0.2) is 0 Å². The number of methoxy groups -OCH3 is 1. The molecule has 3 heterocycles. The number of urea groups is 1. The van der Waals surface area contributed by atoms with E-state index < -0.39 is 5.60 Å². The maximum absolute atomic E-state index is 13.0. The molecule has 0 bridgehead atoms. The standard InChI is InChI=1S/C22H29FN4O3S/c1-30-14-18-3-2-10-27(18)13-20-25-19(15-31-20)22(29)8-11-26(12-9-22)21(28)24-17-6-4-16(23)5-7-17/h4-7,15,18,29H,2-3,8-14H2,1H3,(H,24,28). The molecular formula is C22H29FN4O3S. The smallest absolute Gasteiger partial charge is 0.321 e. The summed E-state index contributed by atoms with van der Waals surface area (Å²) in [4.78, 5) is 21.3. The Hall–Kier alpha value is -2.07. The maximum atomic E-state index is 13.0. The number of carbonyl (C=O) groups excluding carboxylic acids is 1. The van der Waals surface area contributed by atoms with Gasteiger partial charge in [-0.15, -0.1) is 11.3 Å². The first-order valence-electron chi connectivity index (χ1n) is 10.7. The van der Waals surface area contributed by atoms with Gasteiger partial charge in [-0.25, -0.2) is 14.2 Å². The van der Waals surface area contributed by atoms with Gasteiger partial charge in [-0.3, -0.25) is 4.90 Å². The lowest BCUT2D eigenvalue weighted by atomic mass is 9.89. The summed E-state index contributed by atoms with van der Waals surface area (Å²) in [5, 5.41) is 16.9. The molecule has 0 radical (unpaired) electrons. The molecule has 31 heavy (non-hydrogen) atoms. The van der Waals surface area contributed by atoms with Crippen molar-refractivity contribution >= 4 is 23.1 Å². The molecule has 0 aliphatic carbocycles. The second-order valence-corrected chi connectivity index (χ2v) is 9.25. The number of benzene rings is 1. The van der Waals surface area contributed by atoms with Gasteiger partial charge in [0, 0.05) is 37.3 Å². The Balaban J connectivity index is 1.32. The second kappa shape index (κ2) is 9.60. The number of aliphatic hydroxyl groups is 1. The van der Waals surface area contributed by atoms with E-state index in [1.165, 1.54) is 30.7 Å². The van der Waals surface area contributed by atoms with Crippen molar-refractivity contribution in [1.82, 2.24) is 14.8 Å². The first-order chi connectivity index (χ1) is 15.0. The topological polar surface area (TPSA) is 77.9 Å². The number of rotatable bonds is 6. The van der Waals surface area contributed by atoms with Crippen LogP contribution < -0.4 is 5.32 Å². The average molecular weight is 449 g/mol. The Kier molecular flexibility index (Phi) is 6.86. The van der Waals surface area contributed by atoms with Crippen LogP contribution in [0.3, 0.4) is 0 Å². The van der Waals surface area contributed by atoms with Gasteiger partial charge < -0.3 is 20.1 Å². The van der Waals surface area contributed by atoms with Crippen LogP contribution in [0.25, 0.3) is 0 Å². The summed E-state index contributed by atoms with van der Waals surface area (Å²) in [5.41, 5.74) is 0.233.